The molecule has 7 heteroatoms. The van der Waals surface area contributed by atoms with Crippen molar-refractivity contribution in [3.8, 4) is 0 Å². The van der Waals surface area contributed by atoms with Gasteiger partial charge in [0.05, 0.1) is 4.47 Å². The molecule has 0 aliphatic carbocycles. The number of rotatable bonds is 5. The third kappa shape index (κ3) is 4.27. The minimum atomic E-state index is -0.219. The zero-order valence-electron chi connectivity index (χ0n) is 14.8. The fourth-order valence-corrected chi connectivity index (χ4v) is 3.56. The molecular formula is C18H23BrFN5. The van der Waals surface area contributed by atoms with Crippen molar-refractivity contribution in [2.24, 2.45) is 0 Å². The maximum atomic E-state index is 13.4. The van der Waals surface area contributed by atoms with Crippen LogP contribution in [0.4, 0.5) is 16.0 Å². The smallest absolute Gasteiger partial charge is 0.137 e. The van der Waals surface area contributed by atoms with E-state index in [0.29, 0.717) is 10.5 Å². The molecule has 1 aromatic heterocycles. The number of hydrogen-bond donors (Lipinski definition) is 0. The van der Waals surface area contributed by atoms with Crippen molar-refractivity contribution < 1.29 is 4.39 Å². The fourth-order valence-electron chi connectivity index (χ4n) is 3.13. The highest BCUT2D eigenvalue weighted by molar-refractivity contribution is 9.10. The van der Waals surface area contributed by atoms with Crippen molar-refractivity contribution in [2.45, 2.75) is 19.0 Å². The van der Waals surface area contributed by atoms with Gasteiger partial charge in [-0.2, -0.15) is 0 Å². The van der Waals surface area contributed by atoms with E-state index in [1.807, 2.05) is 37.2 Å². The van der Waals surface area contributed by atoms with Gasteiger partial charge in [-0.1, -0.05) is 6.07 Å². The van der Waals surface area contributed by atoms with Gasteiger partial charge in [-0.05, 0) is 40.0 Å². The van der Waals surface area contributed by atoms with Gasteiger partial charge in [0.1, 0.15) is 23.8 Å². The molecule has 1 aliphatic rings. The number of likely N-dealkylation sites (tertiary alicyclic amines) is 1. The molecule has 0 amide bonds. The quantitative estimate of drug-likeness (QED) is 0.760. The normalized spacial score (nSPS) is 17.7. The second kappa shape index (κ2) is 7.66. The van der Waals surface area contributed by atoms with Crippen LogP contribution in [-0.2, 0) is 6.54 Å². The summed E-state index contributed by atoms with van der Waals surface area (Å²) in [6.45, 7) is 2.82. The van der Waals surface area contributed by atoms with Gasteiger partial charge < -0.3 is 9.80 Å². The van der Waals surface area contributed by atoms with Gasteiger partial charge in [0.2, 0.25) is 0 Å². The predicted molar refractivity (Wildman–Crippen MR) is 103 cm³/mol. The van der Waals surface area contributed by atoms with Crippen molar-refractivity contribution in [3.05, 3.63) is 46.4 Å². The number of anilines is 2. The van der Waals surface area contributed by atoms with Gasteiger partial charge in [-0.3, -0.25) is 4.90 Å². The van der Waals surface area contributed by atoms with E-state index >= 15 is 0 Å². The summed E-state index contributed by atoms with van der Waals surface area (Å²) in [4.78, 5) is 15.3. The summed E-state index contributed by atoms with van der Waals surface area (Å²) in [5.41, 5.74) is 1.12. The van der Waals surface area contributed by atoms with E-state index in [9.17, 15) is 4.39 Å². The molecule has 0 bridgehead atoms. The molecule has 1 aliphatic heterocycles. The molecule has 1 fully saturated rings. The third-order valence-corrected chi connectivity index (χ3v) is 5.25. The molecule has 2 aromatic rings. The molecule has 0 saturated carbocycles. The zero-order chi connectivity index (χ0) is 18.0. The summed E-state index contributed by atoms with van der Waals surface area (Å²) in [5.74, 6) is 1.63. The maximum absolute atomic E-state index is 13.4. The van der Waals surface area contributed by atoms with E-state index in [2.05, 4.69) is 42.7 Å². The second-order valence-corrected chi connectivity index (χ2v) is 7.52. The molecule has 0 N–H and O–H groups in total. The lowest BCUT2D eigenvalue weighted by Gasteiger charge is -2.26. The van der Waals surface area contributed by atoms with Crippen LogP contribution in [0, 0.1) is 5.82 Å². The van der Waals surface area contributed by atoms with Crippen LogP contribution >= 0.6 is 15.9 Å². The lowest BCUT2D eigenvalue weighted by molar-refractivity contribution is 0.325. The molecule has 2 heterocycles. The van der Waals surface area contributed by atoms with Crippen molar-refractivity contribution in [3.63, 3.8) is 0 Å². The molecule has 5 nitrogen and oxygen atoms in total. The van der Waals surface area contributed by atoms with Gasteiger partial charge in [0.25, 0.3) is 0 Å². The van der Waals surface area contributed by atoms with Crippen molar-refractivity contribution in [1.29, 1.82) is 0 Å². The Hall–Kier alpha value is -1.73. The lowest BCUT2D eigenvalue weighted by Crippen LogP contribution is -2.35. The van der Waals surface area contributed by atoms with Crippen molar-refractivity contribution in [1.82, 2.24) is 14.9 Å². The van der Waals surface area contributed by atoms with Crippen LogP contribution in [0.3, 0.4) is 0 Å². The van der Waals surface area contributed by atoms with Crippen LogP contribution in [0.2, 0.25) is 0 Å². The van der Waals surface area contributed by atoms with E-state index in [0.717, 1.165) is 43.3 Å². The Labute approximate surface area is 156 Å². The number of benzene rings is 1. The van der Waals surface area contributed by atoms with Crippen molar-refractivity contribution in [2.75, 3.05) is 44.0 Å². The minimum absolute atomic E-state index is 0.219. The van der Waals surface area contributed by atoms with Crippen molar-refractivity contribution >= 4 is 27.6 Å². The molecular weight excluding hydrogens is 385 g/mol. The van der Waals surface area contributed by atoms with Gasteiger partial charge >= 0.3 is 0 Å². The topological polar surface area (TPSA) is 35.5 Å². The predicted octanol–water partition coefficient (Wildman–Crippen LogP) is 3.15. The standard InChI is InChI=1S/C18H23BrFN5/c1-23(2)17-9-18(22-12-21-17)24(3)14-6-7-25(11-14)10-13-4-5-16(20)15(19)8-13/h4-5,8-9,12,14H,6-7,10-11H2,1-3H3. The van der Waals surface area contributed by atoms with Gasteiger partial charge in [-0.15, -0.1) is 0 Å². The Morgan fingerprint density at radius 3 is 2.68 bits per heavy atom. The number of likely N-dealkylation sites (N-methyl/N-ethyl adjacent to an activating group) is 1. The SMILES string of the molecule is CN(C)c1cc(N(C)C2CCN(Cc3ccc(F)c(Br)c3)C2)ncn1. The molecule has 1 unspecified atom stereocenters. The number of halogens is 2. The molecule has 0 radical (unpaired) electrons. The van der Waals surface area contributed by atoms with E-state index in [1.165, 1.54) is 6.07 Å². The summed E-state index contributed by atoms with van der Waals surface area (Å²) in [7, 11) is 6.04. The molecule has 0 spiro atoms. The summed E-state index contributed by atoms with van der Waals surface area (Å²) in [6.07, 6.45) is 2.70. The average Bonchev–Trinajstić information content (AvgIpc) is 3.06. The number of hydrogen-bond acceptors (Lipinski definition) is 5. The van der Waals surface area contributed by atoms with Crippen LogP contribution in [0.15, 0.2) is 35.1 Å². The summed E-state index contributed by atoms with van der Waals surface area (Å²) < 4.78 is 13.9. The van der Waals surface area contributed by atoms with E-state index in [1.54, 1.807) is 6.33 Å². The Morgan fingerprint density at radius 2 is 1.96 bits per heavy atom. The Morgan fingerprint density at radius 1 is 1.20 bits per heavy atom. The Bertz CT molecular complexity index is 739. The molecule has 1 atom stereocenters. The van der Waals surface area contributed by atoms with Crippen LogP contribution in [0.5, 0.6) is 0 Å². The molecule has 134 valence electrons. The van der Waals surface area contributed by atoms with E-state index in [4.69, 9.17) is 0 Å². The second-order valence-electron chi connectivity index (χ2n) is 6.67. The van der Waals surface area contributed by atoms with Gasteiger partial charge in [0.15, 0.2) is 0 Å². The first-order chi connectivity index (χ1) is 11.9. The lowest BCUT2D eigenvalue weighted by atomic mass is 10.2. The summed E-state index contributed by atoms with van der Waals surface area (Å²) in [5, 5.41) is 0. The average molecular weight is 408 g/mol. The van der Waals surface area contributed by atoms with Crippen LogP contribution in [0.25, 0.3) is 0 Å². The minimum Gasteiger partial charge on any atom is -0.363 e. The highest BCUT2D eigenvalue weighted by Gasteiger charge is 2.26. The van der Waals surface area contributed by atoms with Crippen LogP contribution in [0.1, 0.15) is 12.0 Å². The maximum Gasteiger partial charge on any atom is 0.137 e. The van der Waals surface area contributed by atoms with Gasteiger partial charge in [0, 0.05) is 52.9 Å². The zero-order valence-corrected chi connectivity index (χ0v) is 16.4. The van der Waals surface area contributed by atoms with Crippen LogP contribution < -0.4 is 9.80 Å². The van der Waals surface area contributed by atoms with Gasteiger partial charge in [-0.25, -0.2) is 14.4 Å². The first-order valence-corrected chi connectivity index (χ1v) is 9.12. The molecule has 25 heavy (non-hydrogen) atoms. The van der Waals surface area contributed by atoms with E-state index < -0.39 is 0 Å². The summed E-state index contributed by atoms with van der Waals surface area (Å²) >= 11 is 3.26. The summed E-state index contributed by atoms with van der Waals surface area (Å²) in [6, 6.07) is 7.65. The largest absolute Gasteiger partial charge is 0.363 e. The molecule has 1 saturated heterocycles. The molecule has 3 rings (SSSR count). The van der Waals surface area contributed by atoms with Crippen LogP contribution in [-0.4, -0.2) is 55.1 Å². The first kappa shape index (κ1) is 18.1. The number of nitrogens with zero attached hydrogens (tertiary/aromatic N) is 5. The monoisotopic (exact) mass is 407 g/mol. The highest BCUT2D eigenvalue weighted by atomic mass is 79.9. The first-order valence-electron chi connectivity index (χ1n) is 8.32. The van der Waals surface area contributed by atoms with E-state index in [-0.39, 0.29) is 5.82 Å². The highest BCUT2D eigenvalue weighted by Crippen LogP contribution is 2.24. The number of aromatic nitrogens is 2. The molecule has 1 aromatic carbocycles. The third-order valence-electron chi connectivity index (χ3n) is 4.64. The Kier molecular flexibility index (Phi) is 5.54. The Balaban J connectivity index is 1.63. The fraction of sp³-hybridized carbons (Fsp3) is 0.444.